The summed E-state index contributed by atoms with van der Waals surface area (Å²) in [4.78, 5) is 27.6. The Bertz CT molecular complexity index is 1270. The number of aryl methyl sites for hydroxylation is 2. The van der Waals surface area contributed by atoms with Gasteiger partial charge in [0.1, 0.15) is 5.82 Å². The van der Waals surface area contributed by atoms with E-state index in [4.69, 9.17) is 16.3 Å². The number of fused-ring (bicyclic) bond motifs is 1. The third kappa shape index (κ3) is 7.78. The van der Waals surface area contributed by atoms with Gasteiger partial charge in [-0.2, -0.15) is 15.2 Å². The van der Waals surface area contributed by atoms with Crippen molar-refractivity contribution in [3.05, 3.63) is 58.5 Å². The Kier molecular flexibility index (Phi) is 11.6. The van der Waals surface area contributed by atoms with Crippen LogP contribution in [0.25, 0.3) is 0 Å². The summed E-state index contributed by atoms with van der Waals surface area (Å²) in [6.07, 6.45) is 8.62. The molecular formula is C32H42ClFN6O2. The van der Waals surface area contributed by atoms with Crippen molar-refractivity contribution >= 4 is 23.3 Å². The first-order valence-corrected chi connectivity index (χ1v) is 15.4. The number of methoxy groups -OCH3 is 1. The number of anilines is 1. The summed E-state index contributed by atoms with van der Waals surface area (Å²) >= 11 is 6.32. The van der Waals surface area contributed by atoms with Gasteiger partial charge in [-0.25, -0.2) is 4.39 Å². The van der Waals surface area contributed by atoms with E-state index in [9.17, 15) is 14.4 Å². The van der Waals surface area contributed by atoms with Crippen molar-refractivity contribution < 1.29 is 13.9 Å². The van der Waals surface area contributed by atoms with Crippen molar-refractivity contribution in [1.29, 1.82) is 5.26 Å². The molecule has 2 atom stereocenters. The molecule has 1 aromatic carbocycles. The number of ether oxygens (including phenoxy) is 1. The molecule has 226 valence electrons. The highest BCUT2D eigenvalue weighted by molar-refractivity contribution is 6.31. The van der Waals surface area contributed by atoms with Crippen molar-refractivity contribution in [3.8, 4) is 12.1 Å². The molecule has 0 bridgehead atoms. The molecule has 8 nitrogen and oxygen atoms in total. The number of carbonyl (C=O) groups is 1. The zero-order chi connectivity index (χ0) is 30.1. The molecule has 3 aliphatic heterocycles. The maximum absolute atomic E-state index is 13.6. The number of nitriles is 1. The third-order valence-electron chi connectivity index (χ3n) is 8.40. The van der Waals surface area contributed by atoms with Gasteiger partial charge in [-0.3, -0.25) is 4.79 Å². The van der Waals surface area contributed by atoms with Crippen LogP contribution in [0.3, 0.4) is 0 Å². The van der Waals surface area contributed by atoms with E-state index in [0.717, 1.165) is 65.8 Å². The number of nitrogens with zero attached hydrogens (tertiary/aromatic N) is 6. The molecule has 10 heteroatoms. The van der Waals surface area contributed by atoms with Gasteiger partial charge in [0, 0.05) is 36.3 Å². The summed E-state index contributed by atoms with van der Waals surface area (Å²) in [6, 6.07) is 10.8. The molecule has 42 heavy (non-hydrogen) atoms. The van der Waals surface area contributed by atoms with E-state index in [0.29, 0.717) is 13.1 Å². The number of rotatable bonds is 10. The lowest BCUT2D eigenvalue weighted by Crippen LogP contribution is -2.55. The molecule has 0 spiro atoms. The highest BCUT2D eigenvalue weighted by Crippen LogP contribution is 2.30. The van der Waals surface area contributed by atoms with E-state index in [1.165, 1.54) is 44.4 Å². The van der Waals surface area contributed by atoms with Gasteiger partial charge in [-0.05, 0) is 69.7 Å². The van der Waals surface area contributed by atoms with Crippen LogP contribution >= 0.6 is 11.6 Å². The van der Waals surface area contributed by atoms with Gasteiger partial charge in [-0.15, -0.1) is 0 Å². The van der Waals surface area contributed by atoms with Gasteiger partial charge in [0.15, 0.2) is 5.83 Å². The van der Waals surface area contributed by atoms with E-state index in [-0.39, 0.29) is 19.0 Å². The summed E-state index contributed by atoms with van der Waals surface area (Å²) in [6.45, 7) is 9.11. The number of halogens is 2. The fourth-order valence-corrected chi connectivity index (χ4v) is 6.33. The molecule has 2 aromatic rings. The van der Waals surface area contributed by atoms with Crippen LogP contribution in [-0.4, -0.2) is 77.6 Å². The van der Waals surface area contributed by atoms with Crippen molar-refractivity contribution in [1.82, 2.24) is 19.8 Å². The average molecular weight is 597 g/mol. The largest absolute Gasteiger partial charge is 0.467 e. The highest BCUT2D eigenvalue weighted by Gasteiger charge is 2.34. The van der Waals surface area contributed by atoms with Crippen LogP contribution in [0.2, 0.25) is 5.02 Å². The van der Waals surface area contributed by atoms with Crippen LogP contribution in [0.1, 0.15) is 62.3 Å². The molecular weight excluding hydrogens is 555 g/mol. The fraction of sp³-hybridized carbons (Fsp3) is 0.562. The lowest BCUT2D eigenvalue weighted by molar-refractivity contribution is -0.131. The molecule has 5 rings (SSSR count). The average Bonchev–Trinajstić information content (AvgIpc) is 3.31. The van der Waals surface area contributed by atoms with Gasteiger partial charge >= 0.3 is 6.01 Å². The van der Waals surface area contributed by atoms with Crippen LogP contribution in [-0.2, 0) is 24.1 Å². The molecule has 3 aliphatic rings. The molecule has 0 radical (unpaired) electrons. The molecule has 3 fully saturated rings. The minimum atomic E-state index is -1.02. The molecule has 3 saturated heterocycles. The van der Waals surface area contributed by atoms with Gasteiger partial charge in [0.05, 0.1) is 31.3 Å². The summed E-state index contributed by atoms with van der Waals surface area (Å²) in [5.41, 5.74) is 3.06. The van der Waals surface area contributed by atoms with E-state index in [1.54, 1.807) is 0 Å². The zero-order valence-electron chi connectivity index (χ0n) is 24.8. The van der Waals surface area contributed by atoms with Crippen LogP contribution in [0.15, 0.2) is 36.7 Å². The van der Waals surface area contributed by atoms with Crippen molar-refractivity contribution in [3.63, 3.8) is 0 Å². The number of aromatic nitrogens is 2. The normalized spacial score (nSPS) is 19.7. The standard InChI is InChI=1S/C26H31ClFN5O2.C6H11N/c1-4-8-21-23(12-7-10-19-9-5-6-11-22(19)27)30-26(35-3)31-24(21)32-15-16-33(25(34)18(2)28)20(17-32)13-14-29;1-2-6-3-5-7(6)4-1/h5-6,9,11,20H,2,4,7-8,10,12-13,15-17H2,1,3H3;6H,1-5H2. The van der Waals surface area contributed by atoms with Crippen molar-refractivity contribution in [2.45, 2.75) is 76.8 Å². The molecule has 1 aromatic heterocycles. The SMILES string of the molecule is C1CC2CCN2C1.C=C(F)C(=O)N1CCN(c2nc(OC)nc(CCCc3ccccc3Cl)c2CCC)CC1CC#N. The number of benzene rings is 1. The predicted molar refractivity (Wildman–Crippen MR) is 163 cm³/mol. The molecule has 2 unspecified atom stereocenters. The fourth-order valence-electron chi connectivity index (χ4n) is 6.10. The summed E-state index contributed by atoms with van der Waals surface area (Å²) in [7, 11) is 1.54. The zero-order valence-corrected chi connectivity index (χ0v) is 25.6. The second-order valence-corrected chi connectivity index (χ2v) is 11.5. The topological polar surface area (TPSA) is 85.6 Å². The Labute approximate surface area is 254 Å². The smallest absolute Gasteiger partial charge is 0.318 e. The molecule has 4 heterocycles. The van der Waals surface area contributed by atoms with Crippen LogP contribution in [0, 0.1) is 11.3 Å². The molecule has 0 N–H and O–H groups in total. The van der Waals surface area contributed by atoms with Gasteiger partial charge in [0.2, 0.25) is 0 Å². The predicted octanol–water partition coefficient (Wildman–Crippen LogP) is 5.53. The first-order chi connectivity index (χ1) is 20.4. The minimum absolute atomic E-state index is 0.0888. The van der Waals surface area contributed by atoms with Crippen molar-refractivity contribution in [2.24, 2.45) is 0 Å². The second-order valence-electron chi connectivity index (χ2n) is 11.1. The van der Waals surface area contributed by atoms with Gasteiger partial charge < -0.3 is 19.4 Å². The Morgan fingerprint density at radius 1 is 1.17 bits per heavy atom. The highest BCUT2D eigenvalue weighted by atomic mass is 35.5. The van der Waals surface area contributed by atoms with E-state index in [2.05, 4.69) is 39.3 Å². The number of amides is 1. The number of piperazine rings is 1. The first-order valence-electron chi connectivity index (χ1n) is 15.0. The van der Waals surface area contributed by atoms with Gasteiger partial charge in [-0.1, -0.05) is 49.7 Å². The molecule has 1 amide bonds. The minimum Gasteiger partial charge on any atom is -0.467 e. The summed E-state index contributed by atoms with van der Waals surface area (Å²) in [5, 5.41) is 10.1. The number of hydrogen-bond acceptors (Lipinski definition) is 7. The maximum Gasteiger partial charge on any atom is 0.318 e. The monoisotopic (exact) mass is 596 g/mol. The summed E-state index contributed by atoms with van der Waals surface area (Å²) in [5.74, 6) is -1.03. The van der Waals surface area contributed by atoms with Gasteiger partial charge in [0.25, 0.3) is 5.91 Å². The lowest BCUT2D eigenvalue weighted by Gasteiger charge is -2.41. The lowest BCUT2D eigenvalue weighted by atomic mass is 10.0. The van der Waals surface area contributed by atoms with Crippen LogP contribution in [0.4, 0.5) is 10.2 Å². The Balaban J connectivity index is 0.000000496. The van der Waals surface area contributed by atoms with E-state index in [1.807, 2.05) is 24.3 Å². The quantitative estimate of drug-likeness (QED) is 0.333. The Morgan fingerprint density at radius 2 is 1.98 bits per heavy atom. The maximum atomic E-state index is 13.6. The van der Waals surface area contributed by atoms with Crippen LogP contribution < -0.4 is 9.64 Å². The third-order valence-corrected chi connectivity index (χ3v) is 8.77. The van der Waals surface area contributed by atoms with E-state index < -0.39 is 17.8 Å². The second kappa shape index (κ2) is 15.3. The first kappa shape index (κ1) is 31.7. The van der Waals surface area contributed by atoms with Crippen molar-refractivity contribution in [2.75, 3.05) is 44.7 Å². The summed E-state index contributed by atoms with van der Waals surface area (Å²) < 4.78 is 19.0. The molecule has 0 aliphatic carbocycles. The number of hydrogen-bond donors (Lipinski definition) is 0. The van der Waals surface area contributed by atoms with E-state index >= 15 is 0 Å². The van der Waals surface area contributed by atoms with Crippen LogP contribution in [0.5, 0.6) is 6.01 Å². The molecule has 0 saturated carbocycles. The Morgan fingerprint density at radius 3 is 2.57 bits per heavy atom. The number of carbonyl (C=O) groups excluding carboxylic acids is 1. The Hall–Kier alpha value is -3.22.